The Morgan fingerprint density at radius 2 is 1.61 bits per heavy atom. The highest BCUT2D eigenvalue weighted by molar-refractivity contribution is 5.24. The maximum absolute atomic E-state index is 12.4. The molecule has 100 valence electrons. The number of alkyl halides is 3. The molecule has 0 aromatic heterocycles. The van der Waals surface area contributed by atoms with Crippen molar-refractivity contribution in [2.75, 3.05) is 0 Å². The molecule has 1 fully saturated rings. The van der Waals surface area contributed by atoms with E-state index in [1.54, 1.807) is 12.1 Å². The van der Waals surface area contributed by atoms with Gasteiger partial charge in [0, 0.05) is 0 Å². The van der Waals surface area contributed by atoms with Gasteiger partial charge in [0.1, 0.15) is 0 Å². The van der Waals surface area contributed by atoms with E-state index in [0.717, 1.165) is 24.3 Å². The van der Waals surface area contributed by atoms with Crippen molar-refractivity contribution >= 4 is 0 Å². The van der Waals surface area contributed by atoms with Crippen molar-refractivity contribution in [1.82, 2.24) is 0 Å². The fourth-order valence-electron chi connectivity index (χ4n) is 2.21. The summed E-state index contributed by atoms with van der Waals surface area (Å²) in [6.07, 6.45) is 4.36. The van der Waals surface area contributed by atoms with Gasteiger partial charge in [0.25, 0.3) is 0 Å². The van der Waals surface area contributed by atoms with Crippen molar-refractivity contribution in [3.8, 4) is 0 Å². The number of unbranched alkanes of at least 4 members (excludes halogenated alkanes) is 2. The minimum Gasteiger partial charge on any atom is -0.166 e. The standard InChI is InChI=1S/C15H19F3/c16-15(17,18)14-10-8-13(9-11-14)5-3-1-2-4-12-6-7-12/h8-12H,1-7H2. The minimum atomic E-state index is -4.22. The van der Waals surface area contributed by atoms with Crippen LogP contribution in [-0.4, -0.2) is 0 Å². The molecule has 0 aliphatic heterocycles. The molecule has 0 atom stereocenters. The van der Waals surface area contributed by atoms with Crippen molar-refractivity contribution in [1.29, 1.82) is 0 Å². The van der Waals surface area contributed by atoms with Gasteiger partial charge in [-0.3, -0.25) is 0 Å². The molecule has 0 N–H and O–H groups in total. The largest absolute Gasteiger partial charge is 0.416 e. The van der Waals surface area contributed by atoms with Gasteiger partial charge in [0.2, 0.25) is 0 Å². The van der Waals surface area contributed by atoms with Gasteiger partial charge in [0.05, 0.1) is 5.56 Å². The quantitative estimate of drug-likeness (QED) is 0.612. The van der Waals surface area contributed by atoms with E-state index in [-0.39, 0.29) is 0 Å². The Balaban J connectivity index is 1.69. The van der Waals surface area contributed by atoms with E-state index in [4.69, 9.17) is 0 Å². The molecule has 2 rings (SSSR count). The summed E-state index contributed by atoms with van der Waals surface area (Å²) in [7, 11) is 0. The molecular formula is C15H19F3. The van der Waals surface area contributed by atoms with E-state index >= 15 is 0 Å². The van der Waals surface area contributed by atoms with Crippen LogP contribution in [0.1, 0.15) is 49.7 Å². The summed E-state index contributed by atoms with van der Waals surface area (Å²) in [6.45, 7) is 0. The molecule has 1 aliphatic carbocycles. The van der Waals surface area contributed by atoms with Crippen LogP contribution < -0.4 is 0 Å². The van der Waals surface area contributed by atoms with Gasteiger partial charge in [-0.15, -0.1) is 0 Å². The van der Waals surface area contributed by atoms with Crippen LogP contribution in [0.2, 0.25) is 0 Å². The number of hydrogen-bond acceptors (Lipinski definition) is 0. The molecule has 18 heavy (non-hydrogen) atoms. The molecular weight excluding hydrogens is 237 g/mol. The number of aryl methyl sites for hydroxylation is 1. The lowest BCUT2D eigenvalue weighted by molar-refractivity contribution is -0.137. The molecule has 1 aliphatic rings. The third-order valence-corrected chi connectivity index (χ3v) is 3.56. The molecule has 0 spiro atoms. The predicted molar refractivity (Wildman–Crippen MR) is 66.3 cm³/mol. The minimum absolute atomic E-state index is 0.556. The Morgan fingerprint density at radius 3 is 2.17 bits per heavy atom. The monoisotopic (exact) mass is 256 g/mol. The number of benzene rings is 1. The van der Waals surface area contributed by atoms with Gasteiger partial charge in [-0.2, -0.15) is 13.2 Å². The number of hydrogen-bond donors (Lipinski definition) is 0. The van der Waals surface area contributed by atoms with E-state index in [0.29, 0.717) is 0 Å². The van der Waals surface area contributed by atoms with Crippen molar-refractivity contribution in [2.24, 2.45) is 5.92 Å². The Labute approximate surface area is 106 Å². The van der Waals surface area contributed by atoms with E-state index in [1.807, 2.05) is 0 Å². The summed E-state index contributed by atoms with van der Waals surface area (Å²) in [5, 5.41) is 0. The summed E-state index contributed by atoms with van der Waals surface area (Å²) in [4.78, 5) is 0. The van der Waals surface area contributed by atoms with Gasteiger partial charge < -0.3 is 0 Å². The van der Waals surface area contributed by atoms with Crippen LogP contribution >= 0.6 is 0 Å². The molecule has 1 aromatic carbocycles. The zero-order valence-electron chi connectivity index (χ0n) is 10.5. The first-order valence-electron chi connectivity index (χ1n) is 6.72. The zero-order valence-corrected chi connectivity index (χ0v) is 10.5. The third kappa shape index (κ3) is 4.35. The smallest absolute Gasteiger partial charge is 0.166 e. The van der Waals surface area contributed by atoms with E-state index in [9.17, 15) is 13.2 Å². The van der Waals surface area contributed by atoms with Crippen LogP contribution in [0.25, 0.3) is 0 Å². The lowest BCUT2D eigenvalue weighted by Crippen LogP contribution is -2.04. The molecule has 0 heterocycles. The summed E-state index contributed by atoms with van der Waals surface area (Å²) in [6, 6.07) is 5.56. The molecule has 0 amide bonds. The fraction of sp³-hybridized carbons (Fsp3) is 0.600. The Hall–Kier alpha value is -0.990. The molecule has 3 heteroatoms. The van der Waals surface area contributed by atoms with E-state index in [1.165, 1.54) is 44.2 Å². The number of halogens is 3. The Bertz CT molecular complexity index is 360. The Kier molecular flexibility index (Phi) is 4.31. The van der Waals surface area contributed by atoms with Gasteiger partial charge in [-0.25, -0.2) is 0 Å². The Morgan fingerprint density at radius 1 is 0.944 bits per heavy atom. The highest BCUT2D eigenvalue weighted by Gasteiger charge is 2.29. The van der Waals surface area contributed by atoms with Crippen LogP contribution in [0.5, 0.6) is 0 Å². The zero-order chi connectivity index (χ0) is 13.0. The van der Waals surface area contributed by atoms with Gasteiger partial charge >= 0.3 is 6.18 Å². The van der Waals surface area contributed by atoms with Crippen molar-refractivity contribution in [2.45, 2.75) is 51.1 Å². The second-order valence-electron chi connectivity index (χ2n) is 5.24. The molecule has 1 saturated carbocycles. The topological polar surface area (TPSA) is 0 Å². The normalized spacial score (nSPS) is 15.9. The van der Waals surface area contributed by atoms with Crippen LogP contribution in [0.15, 0.2) is 24.3 Å². The van der Waals surface area contributed by atoms with Crippen molar-refractivity contribution in [3.05, 3.63) is 35.4 Å². The lowest BCUT2D eigenvalue weighted by Gasteiger charge is -2.07. The average Bonchev–Trinajstić information content (AvgIpc) is 3.12. The van der Waals surface area contributed by atoms with Crippen LogP contribution in [0.4, 0.5) is 13.2 Å². The maximum atomic E-state index is 12.4. The molecule has 1 aromatic rings. The first-order chi connectivity index (χ1) is 8.55. The van der Waals surface area contributed by atoms with E-state index < -0.39 is 11.7 Å². The van der Waals surface area contributed by atoms with Gasteiger partial charge in [-0.05, 0) is 36.5 Å². The highest BCUT2D eigenvalue weighted by atomic mass is 19.4. The predicted octanol–water partition coefficient (Wildman–Crippen LogP) is 5.22. The van der Waals surface area contributed by atoms with Crippen LogP contribution in [-0.2, 0) is 12.6 Å². The molecule has 0 radical (unpaired) electrons. The highest BCUT2D eigenvalue weighted by Crippen LogP contribution is 2.34. The third-order valence-electron chi connectivity index (χ3n) is 3.56. The second kappa shape index (κ2) is 5.77. The fourth-order valence-corrected chi connectivity index (χ4v) is 2.21. The summed E-state index contributed by atoms with van der Waals surface area (Å²) in [5.41, 5.74) is 0.453. The summed E-state index contributed by atoms with van der Waals surface area (Å²) >= 11 is 0. The SMILES string of the molecule is FC(F)(F)c1ccc(CCCCCC2CC2)cc1. The molecule has 0 saturated heterocycles. The lowest BCUT2D eigenvalue weighted by atomic mass is 10.0. The van der Waals surface area contributed by atoms with E-state index in [2.05, 4.69) is 0 Å². The van der Waals surface area contributed by atoms with Crippen molar-refractivity contribution in [3.63, 3.8) is 0 Å². The maximum Gasteiger partial charge on any atom is 0.416 e. The molecule has 0 unspecified atom stereocenters. The average molecular weight is 256 g/mol. The summed E-state index contributed by atoms with van der Waals surface area (Å²) < 4.78 is 37.1. The van der Waals surface area contributed by atoms with Crippen LogP contribution in [0, 0.1) is 5.92 Å². The molecule has 0 nitrogen and oxygen atoms in total. The molecule has 0 bridgehead atoms. The summed E-state index contributed by atoms with van der Waals surface area (Å²) in [5.74, 6) is 0.982. The van der Waals surface area contributed by atoms with Crippen molar-refractivity contribution < 1.29 is 13.2 Å². The first-order valence-corrected chi connectivity index (χ1v) is 6.72. The first kappa shape index (κ1) is 13.4. The van der Waals surface area contributed by atoms with Gasteiger partial charge in [-0.1, -0.05) is 44.2 Å². The second-order valence-corrected chi connectivity index (χ2v) is 5.24. The van der Waals surface area contributed by atoms with Crippen LogP contribution in [0.3, 0.4) is 0 Å². The van der Waals surface area contributed by atoms with Gasteiger partial charge in [0.15, 0.2) is 0 Å². The number of rotatable bonds is 6.